The lowest BCUT2D eigenvalue weighted by molar-refractivity contribution is -0.147. The van der Waals surface area contributed by atoms with E-state index in [-0.39, 0.29) is 34.9 Å². The molecule has 0 aliphatic rings. The van der Waals surface area contributed by atoms with E-state index in [0.717, 1.165) is 11.3 Å². The van der Waals surface area contributed by atoms with Crippen molar-refractivity contribution in [1.29, 1.82) is 0 Å². The van der Waals surface area contributed by atoms with E-state index in [9.17, 15) is 19.1 Å². The van der Waals surface area contributed by atoms with Crippen molar-refractivity contribution in [2.75, 3.05) is 6.61 Å². The summed E-state index contributed by atoms with van der Waals surface area (Å²) in [4.78, 5) is 25.2. The lowest BCUT2D eigenvalue weighted by atomic mass is 10.1. The number of para-hydroxylation sites is 1. The van der Waals surface area contributed by atoms with Crippen LogP contribution in [0.25, 0.3) is 39.2 Å². The van der Waals surface area contributed by atoms with Crippen LogP contribution in [0.4, 0.5) is 4.39 Å². The molecule has 0 spiro atoms. The number of ether oxygens (including phenoxy) is 2. The minimum absolute atomic E-state index is 0.00979. The molecule has 1 N–H and O–H groups in total. The first-order valence-electron chi connectivity index (χ1n) is 13.0. The highest BCUT2D eigenvalue weighted by Crippen LogP contribution is 2.31. The monoisotopic (exact) mass is 562 g/mol. The van der Waals surface area contributed by atoms with Crippen LogP contribution in [0.1, 0.15) is 5.69 Å². The maximum atomic E-state index is 13.5. The zero-order valence-corrected chi connectivity index (χ0v) is 22.1. The van der Waals surface area contributed by atoms with Gasteiger partial charge in [0.05, 0.1) is 11.4 Å². The number of benzene rings is 4. The summed E-state index contributed by atoms with van der Waals surface area (Å²) in [6, 6.07) is 30.3. The summed E-state index contributed by atoms with van der Waals surface area (Å²) < 4.78 is 32.0. The molecule has 0 aliphatic carbocycles. The van der Waals surface area contributed by atoms with E-state index in [0.29, 0.717) is 22.7 Å². The van der Waals surface area contributed by atoms with Crippen molar-refractivity contribution >= 4 is 16.9 Å². The topological polar surface area (TPSA) is 104 Å². The molecule has 4 aromatic carbocycles. The number of phenols is 1. The van der Waals surface area contributed by atoms with E-state index >= 15 is 0 Å². The smallest absolute Gasteiger partial charge is 0.344 e. The summed E-state index contributed by atoms with van der Waals surface area (Å²) in [5, 5.41) is 15.1. The van der Waals surface area contributed by atoms with Crippen molar-refractivity contribution in [2.45, 2.75) is 6.61 Å². The Morgan fingerprint density at radius 3 is 2.33 bits per heavy atom. The first-order chi connectivity index (χ1) is 20.4. The first kappa shape index (κ1) is 26.5. The number of aromatic hydroxyl groups is 1. The van der Waals surface area contributed by atoms with Crippen LogP contribution in [-0.4, -0.2) is 27.5 Å². The minimum Gasteiger partial charge on any atom is -0.507 e. The van der Waals surface area contributed by atoms with Crippen molar-refractivity contribution in [3.8, 4) is 39.8 Å². The quantitative estimate of drug-likeness (QED) is 0.218. The van der Waals surface area contributed by atoms with Crippen LogP contribution in [0.15, 0.2) is 118 Å². The van der Waals surface area contributed by atoms with Crippen molar-refractivity contribution in [3.63, 3.8) is 0 Å². The second-order valence-electron chi connectivity index (χ2n) is 9.38. The van der Waals surface area contributed by atoms with Gasteiger partial charge in [0.1, 0.15) is 46.3 Å². The van der Waals surface area contributed by atoms with Crippen LogP contribution < -0.4 is 10.2 Å². The Morgan fingerprint density at radius 2 is 1.60 bits per heavy atom. The molecule has 0 atom stereocenters. The van der Waals surface area contributed by atoms with Crippen LogP contribution in [0.5, 0.6) is 11.5 Å². The average molecular weight is 563 g/mol. The van der Waals surface area contributed by atoms with Crippen molar-refractivity contribution in [2.24, 2.45) is 0 Å². The second-order valence-corrected chi connectivity index (χ2v) is 9.38. The largest absolute Gasteiger partial charge is 0.507 e. The third-order valence-corrected chi connectivity index (χ3v) is 6.48. The van der Waals surface area contributed by atoms with E-state index in [2.05, 4.69) is 5.10 Å². The lowest BCUT2D eigenvalue weighted by Gasteiger charge is -2.09. The zero-order valence-electron chi connectivity index (χ0n) is 22.1. The number of carbonyl (C=O) groups is 1. The fraction of sp³-hybridized carbons (Fsp3) is 0.0606. The van der Waals surface area contributed by atoms with Gasteiger partial charge < -0.3 is 19.0 Å². The second kappa shape index (κ2) is 11.4. The van der Waals surface area contributed by atoms with Gasteiger partial charge in [0, 0.05) is 29.3 Å². The molecule has 0 unspecified atom stereocenters. The molecule has 8 nitrogen and oxygen atoms in total. The maximum Gasteiger partial charge on any atom is 0.344 e. The van der Waals surface area contributed by atoms with Crippen LogP contribution in [0, 0.1) is 5.82 Å². The van der Waals surface area contributed by atoms with Gasteiger partial charge in [-0.05, 0) is 42.5 Å². The summed E-state index contributed by atoms with van der Waals surface area (Å²) >= 11 is 0. The summed E-state index contributed by atoms with van der Waals surface area (Å²) in [5.74, 6) is -0.899. The molecule has 208 valence electrons. The fourth-order valence-electron chi connectivity index (χ4n) is 4.50. The first-order valence-corrected chi connectivity index (χ1v) is 13.0. The van der Waals surface area contributed by atoms with E-state index in [4.69, 9.17) is 13.9 Å². The highest BCUT2D eigenvalue weighted by molar-refractivity contribution is 5.86. The Morgan fingerprint density at radius 1 is 0.881 bits per heavy atom. The molecule has 42 heavy (non-hydrogen) atoms. The van der Waals surface area contributed by atoms with Gasteiger partial charge in [-0.3, -0.25) is 4.79 Å². The number of hydrogen-bond donors (Lipinski definition) is 1. The van der Waals surface area contributed by atoms with Crippen LogP contribution in [0.3, 0.4) is 0 Å². The molecule has 0 saturated heterocycles. The SMILES string of the molecule is O=C(COc1cc(O)c2c(=O)cc(-c3ccccc3)oc2c1)OCc1cc(-c2ccc(F)cc2)n(-c2ccccc2)n1. The Kier molecular flexibility index (Phi) is 7.21. The van der Waals surface area contributed by atoms with E-state index in [1.54, 1.807) is 35.0 Å². The van der Waals surface area contributed by atoms with Crippen LogP contribution >= 0.6 is 0 Å². The average Bonchev–Trinajstić information content (AvgIpc) is 3.44. The van der Waals surface area contributed by atoms with Gasteiger partial charge >= 0.3 is 5.97 Å². The van der Waals surface area contributed by atoms with Crippen molar-refractivity contribution in [3.05, 3.63) is 131 Å². The molecule has 9 heteroatoms. The number of esters is 1. The van der Waals surface area contributed by atoms with Crippen molar-refractivity contribution < 1.29 is 28.2 Å². The van der Waals surface area contributed by atoms with Gasteiger partial charge in [0.2, 0.25) is 0 Å². The van der Waals surface area contributed by atoms with Gasteiger partial charge in [0.15, 0.2) is 12.0 Å². The Bertz CT molecular complexity index is 1930. The molecule has 2 aromatic heterocycles. The Balaban J connectivity index is 1.17. The zero-order chi connectivity index (χ0) is 29.1. The van der Waals surface area contributed by atoms with E-state index < -0.39 is 18.0 Å². The number of nitrogens with zero attached hydrogens (tertiary/aromatic N) is 2. The Labute approximate surface area is 238 Å². The minimum atomic E-state index is -0.674. The number of aromatic nitrogens is 2. The van der Waals surface area contributed by atoms with Crippen LogP contribution in [0.2, 0.25) is 0 Å². The van der Waals surface area contributed by atoms with Gasteiger partial charge in [-0.2, -0.15) is 5.10 Å². The molecule has 6 aromatic rings. The molecule has 0 radical (unpaired) electrons. The highest BCUT2D eigenvalue weighted by Gasteiger charge is 2.16. The summed E-state index contributed by atoms with van der Waals surface area (Å²) in [6.07, 6.45) is 0. The standard InChI is InChI=1S/C33H23FN2O6/c34-23-13-11-21(12-14-23)27-15-24(35-36(27)25-9-5-2-6-10-25)19-41-32(39)20-40-26-16-28(37)33-29(38)18-30(42-31(33)17-26)22-7-3-1-4-8-22/h1-18,37H,19-20H2. The van der Waals surface area contributed by atoms with Gasteiger partial charge in [-0.1, -0.05) is 48.5 Å². The molecule has 6 rings (SSSR count). The number of fused-ring (bicyclic) bond motifs is 1. The number of carbonyl (C=O) groups excluding carboxylic acids is 1. The molecular weight excluding hydrogens is 539 g/mol. The molecule has 0 aliphatic heterocycles. The molecule has 0 amide bonds. The number of rotatable bonds is 8. The molecule has 2 heterocycles. The summed E-state index contributed by atoms with van der Waals surface area (Å²) in [6.45, 7) is -0.591. The molecule has 0 fully saturated rings. The molecule has 0 saturated carbocycles. The van der Waals surface area contributed by atoms with Crippen LogP contribution in [-0.2, 0) is 16.1 Å². The molecular formula is C33H23FN2O6. The normalized spacial score (nSPS) is 11.0. The van der Waals surface area contributed by atoms with E-state index in [1.165, 1.54) is 30.3 Å². The number of halogens is 1. The van der Waals surface area contributed by atoms with Crippen molar-refractivity contribution in [1.82, 2.24) is 9.78 Å². The summed E-state index contributed by atoms with van der Waals surface area (Å²) in [5.41, 5.74) is 3.11. The predicted octanol–water partition coefficient (Wildman–Crippen LogP) is 6.28. The van der Waals surface area contributed by atoms with Gasteiger partial charge in [0.25, 0.3) is 0 Å². The lowest BCUT2D eigenvalue weighted by Crippen LogP contribution is -2.15. The Hall–Kier alpha value is -5.70. The predicted molar refractivity (Wildman–Crippen MR) is 154 cm³/mol. The summed E-state index contributed by atoms with van der Waals surface area (Å²) in [7, 11) is 0. The van der Waals surface area contributed by atoms with E-state index in [1.807, 2.05) is 48.5 Å². The third kappa shape index (κ3) is 5.62. The van der Waals surface area contributed by atoms with Gasteiger partial charge in [-0.15, -0.1) is 0 Å². The molecule has 0 bridgehead atoms. The number of phenolic OH excluding ortho intramolecular Hbond substituents is 1. The fourth-order valence-corrected chi connectivity index (χ4v) is 4.50. The maximum absolute atomic E-state index is 13.5. The number of hydrogen-bond acceptors (Lipinski definition) is 7. The van der Waals surface area contributed by atoms with Gasteiger partial charge in [-0.25, -0.2) is 13.9 Å². The highest BCUT2D eigenvalue weighted by atomic mass is 19.1. The third-order valence-electron chi connectivity index (χ3n) is 6.48.